The van der Waals surface area contributed by atoms with Crippen LogP contribution in [0.2, 0.25) is 0 Å². The van der Waals surface area contributed by atoms with Crippen molar-refractivity contribution in [1.82, 2.24) is 5.01 Å². The van der Waals surface area contributed by atoms with Crippen LogP contribution in [0, 0.1) is 10.1 Å². The Labute approximate surface area is 171 Å². The lowest BCUT2D eigenvalue weighted by Crippen LogP contribution is -2.24. The molecule has 1 aliphatic rings. The zero-order valence-corrected chi connectivity index (χ0v) is 15.9. The van der Waals surface area contributed by atoms with Gasteiger partial charge in [-0.15, -0.1) is 0 Å². The van der Waals surface area contributed by atoms with Gasteiger partial charge in [-0.25, -0.2) is 4.79 Å². The number of rotatable bonds is 7. The van der Waals surface area contributed by atoms with E-state index in [-0.39, 0.29) is 18.0 Å². The second-order valence-electron chi connectivity index (χ2n) is 6.22. The number of non-ortho nitro benzene ring substituents is 1. The zero-order chi connectivity index (χ0) is 21.7. The third-order valence-electron chi connectivity index (χ3n) is 4.22. The Morgan fingerprint density at radius 3 is 2.87 bits per heavy atom. The van der Waals surface area contributed by atoms with Gasteiger partial charge in [-0.3, -0.25) is 24.9 Å². The molecule has 1 amide bonds. The topological polar surface area (TPSA) is 126 Å². The molecule has 0 saturated carbocycles. The van der Waals surface area contributed by atoms with Gasteiger partial charge in [0.25, 0.3) is 11.6 Å². The molecule has 1 heterocycles. The number of anilines is 1. The molecule has 0 bridgehead atoms. The second-order valence-corrected chi connectivity index (χ2v) is 6.22. The summed E-state index contributed by atoms with van der Waals surface area (Å²) in [6.45, 7) is 3.50. The molecule has 1 aliphatic heterocycles. The van der Waals surface area contributed by atoms with Gasteiger partial charge in [0.05, 0.1) is 10.5 Å². The van der Waals surface area contributed by atoms with E-state index in [0.717, 1.165) is 11.9 Å². The van der Waals surface area contributed by atoms with Crippen LogP contribution in [0.5, 0.6) is 0 Å². The standard InChI is InChI=1S/C20H17N5O5/c1-21-12-22-24(2)18(9-13-4-3-5-16(8-13)25(28)29)19(26)23-15-7-6-14-11-30-20(27)17(14)10-15/h3-10,12H,1,11H2,2H3,(H,23,26)/b18-9-,22-12-. The fraction of sp³-hybridized carbons (Fsp3) is 0.100. The van der Waals surface area contributed by atoms with Crippen molar-refractivity contribution in [3.05, 3.63) is 75.0 Å². The van der Waals surface area contributed by atoms with Gasteiger partial charge in [0, 0.05) is 30.4 Å². The Hall–Kier alpha value is -4.34. The Morgan fingerprint density at radius 1 is 1.33 bits per heavy atom. The number of aliphatic imine (C=N–C) groups is 1. The Morgan fingerprint density at radius 2 is 2.13 bits per heavy atom. The molecule has 0 aromatic heterocycles. The summed E-state index contributed by atoms with van der Waals surface area (Å²) in [5.74, 6) is -0.997. The summed E-state index contributed by atoms with van der Waals surface area (Å²) >= 11 is 0. The van der Waals surface area contributed by atoms with Crippen LogP contribution in [0.1, 0.15) is 21.5 Å². The summed E-state index contributed by atoms with van der Waals surface area (Å²) in [7, 11) is 1.52. The van der Waals surface area contributed by atoms with Crippen molar-refractivity contribution in [2.75, 3.05) is 12.4 Å². The lowest BCUT2D eigenvalue weighted by molar-refractivity contribution is -0.384. The number of hydrazone groups is 1. The lowest BCUT2D eigenvalue weighted by Gasteiger charge is -2.17. The van der Waals surface area contributed by atoms with E-state index in [0.29, 0.717) is 16.8 Å². The first-order chi connectivity index (χ1) is 14.4. The maximum Gasteiger partial charge on any atom is 0.338 e. The van der Waals surface area contributed by atoms with Crippen LogP contribution in [0.25, 0.3) is 6.08 Å². The van der Waals surface area contributed by atoms with Crippen molar-refractivity contribution in [3.63, 3.8) is 0 Å². The second kappa shape index (κ2) is 8.78. The number of carbonyl (C=O) groups excluding carboxylic acids is 2. The van der Waals surface area contributed by atoms with Gasteiger partial charge in [-0.05, 0) is 30.5 Å². The van der Waals surface area contributed by atoms with Gasteiger partial charge in [-0.2, -0.15) is 5.10 Å². The van der Waals surface area contributed by atoms with Crippen LogP contribution < -0.4 is 5.32 Å². The molecule has 2 aromatic rings. The number of benzene rings is 2. The molecule has 152 valence electrons. The van der Waals surface area contributed by atoms with Gasteiger partial charge in [0.2, 0.25) is 0 Å². The number of cyclic esters (lactones) is 1. The van der Waals surface area contributed by atoms with Crippen molar-refractivity contribution < 1.29 is 19.2 Å². The molecule has 0 aliphatic carbocycles. The average Bonchev–Trinajstić information content (AvgIpc) is 3.10. The van der Waals surface area contributed by atoms with E-state index in [2.05, 4.69) is 22.1 Å². The molecule has 10 nitrogen and oxygen atoms in total. The third-order valence-corrected chi connectivity index (χ3v) is 4.22. The molecule has 0 atom stereocenters. The minimum Gasteiger partial charge on any atom is -0.457 e. The zero-order valence-electron chi connectivity index (χ0n) is 15.9. The number of nitrogens with zero attached hydrogens (tertiary/aromatic N) is 4. The summed E-state index contributed by atoms with van der Waals surface area (Å²) < 4.78 is 4.96. The predicted octanol–water partition coefficient (Wildman–Crippen LogP) is 2.82. The van der Waals surface area contributed by atoms with Crippen molar-refractivity contribution in [2.45, 2.75) is 6.61 Å². The van der Waals surface area contributed by atoms with Crippen LogP contribution in [0.15, 0.2) is 58.3 Å². The first kappa shape index (κ1) is 20.4. The molecule has 0 unspecified atom stereocenters. The van der Waals surface area contributed by atoms with Crippen molar-refractivity contribution in [2.24, 2.45) is 10.1 Å². The maximum absolute atomic E-state index is 12.9. The fourth-order valence-corrected chi connectivity index (χ4v) is 2.75. The Kier molecular flexibility index (Phi) is 5.97. The van der Waals surface area contributed by atoms with Gasteiger partial charge >= 0.3 is 5.97 Å². The molecule has 0 radical (unpaired) electrons. The Balaban J connectivity index is 1.93. The number of likely N-dealkylation sites (N-methyl/N-ethyl adjacent to an activating group) is 1. The van der Waals surface area contributed by atoms with Crippen LogP contribution in [-0.2, 0) is 16.1 Å². The monoisotopic (exact) mass is 407 g/mol. The number of hydrogen-bond acceptors (Lipinski definition) is 7. The minimum atomic E-state index is -0.545. The molecule has 0 fully saturated rings. The van der Waals surface area contributed by atoms with Crippen LogP contribution in [0.4, 0.5) is 11.4 Å². The number of nitro benzene ring substituents is 1. The average molecular weight is 407 g/mol. The van der Waals surface area contributed by atoms with E-state index >= 15 is 0 Å². The van der Waals surface area contributed by atoms with Crippen molar-refractivity contribution in [3.8, 4) is 0 Å². The highest BCUT2D eigenvalue weighted by molar-refractivity contribution is 6.07. The van der Waals surface area contributed by atoms with Gasteiger partial charge in [0.15, 0.2) is 0 Å². The first-order valence-electron chi connectivity index (χ1n) is 8.68. The molecule has 3 rings (SSSR count). The molecule has 2 aromatic carbocycles. The summed E-state index contributed by atoms with van der Waals surface area (Å²) in [6, 6.07) is 10.7. The van der Waals surface area contributed by atoms with Gasteiger partial charge < -0.3 is 10.1 Å². The summed E-state index contributed by atoms with van der Waals surface area (Å²) in [4.78, 5) is 38.7. The van der Waals surface area contributed by atoms with E-state index in [4.69, 9.17) is 4.74 Å². The molecular formula is C20H17N5O5. The van der Waals surface area contributed by atoms with Crippen LogP contribution in [0.3, 0.4) is 0 Å². The number of amides is 1. The molecular weight excluding hydrogens is 390 g/mol. The number of nitro groups is 1. The molecule has 0 saturated heterocycles. The van der Waals surface area contributed by atoms with Crippen molar-refractivity contribution >= 4 is 42.4 Å². The number of carbonyl (C=O) groups is 2. The fourth-order valence-electron chi connectivity index (χ4n) is 2.75. The highest BCUT2D eigenvalue weighted by atomic mass is 16.6. The Bertz CT molecular complexity index is 1090. The number of fused-ring (bicyclic) bond motifs is 1. The third kappa shape index (κ3) is 4.55. The number of hydrogen-bond donors (Lipinski definition) is 1. The maximum atomic E-state index is 12.9. The smallest absolute Gasteiger partial charge is 0.338 e. The van der Waals surface area contributed by atoms with E-state index in [9.17, 15) is 19.7 Å². The highest BCUT2D eigenvalue weighted by Gasteiger charge is 2.22. The van der Waals surface area contributed by atoms with Gasteiger partial charge in [-0.1, -0.05) is 18.2 Å². The van der Waals surface area contributed by atoms with E-state index in [1.165, 1.54) is 42.4 Å². The van der Waals surface area contributed by atoms with Crippen LogP contribution >= 0.6 is 0 Å². The van der Waals surface area contributed by atoms with Gasteiger partial charge in [0.1, 0.15) is 18.6 Å². The molecule has 30 heavy (non-hydrogen) atoms. The number of ether oxygens (including phenoxy) is 1. The first-order valence-corrected chi connectivity index (χ1v) is 8.68. The van der Waals surface area contributed by atoms with E-state index < -0.39 is 16.8 Å². The molecule has 0 spiro atoms. The lowest BCUT2D eigenvalue weighted by atomic mass is 10.1. The SMILES string of the molecule is C=N/C=N\N(C)/C(=C\c1cccc([N+](=O)[O-])c1)C(=O)Nc1ccc2c(c1)C(=O)OC2. The summed E-state index contributed by atoms with van der Waals surface area (Å²) in [6.07, 6.45) is 2.60. The normalized spacial score (nSPS) is 13.0. The van der Waals surface area contributed by atoms with E-state index in [1.807, 2.05) is 0 Å². The summed E-state index contributed by atoms with van der Waals surface area (Å²) in [5.41, 5.74) is 1.92. The van der Waals surface area contributed by atoms with E-state index in [1.54, 1.807) is 18.2 Å². The quantitative estimate of drug-likeness (QED) is 0.188. The predicted molar refractivity (Wildman–Crippen MR) is 111 cm³/mol. The highest BCUT2D eigenvalue weighted by Crippen LogP contribution is 2.24. The largest absolute Gasteiger partial charge is 0.457 e. The number of esters is 1. The molecule has 1 N–H and O–H groups in total. The number of nitrogens with one attached hydrogen (secondary N) is 1. The van der Waals surface area contributed by atoms with Crippen molar-refractivity contribution in [1.29, 1.82) is 0 Å². The summed E-state index contributed by atoms with van der Waals surface area (Å²) in [5, 5.41) is 18.9. The minimum absolute atomic E-state index is 0.0819. The van der Waals surface area contributed by atoms with Crippen LogP contribution in [-0.4, -0.2) is 41.9 Å². The molecule has 10 heteroatoms.